The second kappa shape index (κ2) is 11.3. The van der Waals surface area contributed by atoms with Gasteiger partial charge < -0.3 is 14.6 Å². The van der Waals surface area contributed by atoms with Crippen LogP contribution < -0.4 is 10.4 Å². The minimum atomic E-state index is -4.63. The van der Waals surface area contributed by atoms with E-state index in [0.717, 1.165) is 25.1 Å². The van der Waals surface area contributed by atoms with Gasteiger partial charge in [0.25, 0.3) is 0 Å². The topological polar surface area (TPSA) is 85.3 Å². The highest BCUT2D eigenvalue weighted by molar-refractivity contribution is 5.69. The quantitative estimate of drug-likeness (QED) is 0.409. The van der Waals surface area contributed by atoms with Gasteiger partial charge in [0.1, 0.15) is 5.52 Å². The number of aromatic nitrogens is 4. The number of ether oxygens (including phenoxy) is 2. The Kier molecular flexibility index (Phi) is 8.45. The van der Waals surface area contributed by atoms with Crippen molar-refractivity contribution in [2.75, 3.05) is 26.8 Å². The summed E-state index contributed by atoms with van der Waals surface area (Å²) >= 11 is 0. The summed E-state index contributed by atoms with van der Waals surface area (Å²) in [4.78, 5) is 25.8. The van der Waals surface area contributed by atoms with Crippen molar-refractivity contribution in [3.05, 3.63) is 52.1 Å². The molecule has 0 bridgehead atoms. The number of halogens is 3. The molecule has 180 valence electrons. The van der Waals surface area contributed by atoms with Crippen LogP contribution in [0, 0.1) is 0 Å². The molecule has 0 aliphatic heterocycles. The van der Waals surface area contributed by atoms with Crippen molar-refractivity contribution in [2.24, 2.45) is 0 Å². The molecule has 11 heteroatoms. The zero-order valence-corrected chi connectivity index (χ0v) is 18.7. The number of imidazole rings is 1. The smallest absolute Gasteiger partial charge is 0.463 e. The highest BCUT2D eigenvalue weighted by Gasteiger charge is 2.28. The molecule has 3 aromatic rings. The van der Waals surface area contributed by atoms with Gasteiger partial charge in [-0.1, -0.05) is 31.2 Å². The first-order valence-electron chi connectivity index (χ1n) is 10.8. The average molecular weight is 467 g/mol. The summed E-state index contributed by atoms with van der Waals surface area (Å²) in [7, 11) is 2.08. The summed E-state index contributed by atoms with van der Waals surface area (Å²) < 4.78 is 46.6. The van der Waals surface area contributed by atoms with Crippen LogP contribution in [0.15, 0.2) is 35.3 Å². The SMILES string of the molecule is CCCN(C)Cc1ccc(Cn2c(=O)[nH]c3cnc(OCCCCOC(F)(F)F)nc32)cc1. The normalized spacial score (nSPS) is 12.1. The van der Waals surface area contributed by atoms with Crippen molar-refractivity contribution >= 4 is 11.2 Å². The van der Waals surface area contributed by atoms with Crippen molar-refractivity contribution in [1.82, 2.24) is 24.4 Å². The molecular weight excluding hydrogens is 439 g/mol. The third-order valence-electron chi connectivity index (χ3n) is 4.95. The Hall–Kier alpha value is -2.92. The maximum atomic E-state index is 12.4. The second-order valence-corrected chi connectivity index (χ2v) is 7.81. The fourth-order valence-corrected chi connectivity index (χ4v) is 3.41. The molecule has 0 fully saturated rings. The monoisotopic (exact) mass is 467 g/mol. The fourth-order valence-electron chi connectivity index (χ4n) is 3.41. The lowest BCUT2D eigenvalue weighted by Gasteiger charge is -2.15. The minimum absolute atomic E-state index is 0.0568. The van der Waals surface area contributed by atoms with E-state index in [4.69, 9.17) is 4.74 Å². The van der Waals surface area contributed by atoms with Crippen LogP contribution in [0.3, 0.4) is 0 Å². The van der Waals surface area contributed by atoms with Gasteiger partial charge in [-0.2, -0.15) is 4.98 Å². The van der Waals surface area contributed by atoms with E-state index < -0.39 is 13.0 Å². The Bertz CT molecular complexity index is 1080. The molecule has 33 heavy (non-hydrogen) atoms. The molecule has 0 radical (unpaired) electrons. The van der Waals surface area contributed by atoms with E-state index >= 15 is 0 Å². The summed E-state index contributed by atoms with van der Waals surface area (Å²) in [6, 6.07) is 8.13. The molecule has 0 saturated carbocycles. The fraction of sp³-hybridized carbons (Fsp3) is 0.500. The Morgan fingerprint density at radius 3 is 2.52 bits per heavy atom. The van der Waals surface area contributed by atoms with Crippen LogP contribution in [-0.2, 0) is 17.8 Å². The molecule has 0 saturated heterocycles. The summed E-state index contributed by atoms with van der Waals surface area (Å²) in [5, 5.41) is 0. The molecule has 3 rings (SSSR count). The molecule has 0 aliphatic carbocycles. The zero-order chi connectivity index (χ0) is 23.8. The van der Waals surface area contributed by atoms with Gasteiger partial charge in [0.2, 0.25) is 0 Å². The molecule has 0 atom stereocenters. The number of nitrogens with zero attached hydrogens (tertiary/aromatic N) is 4. The minimum Gasteiger partial charge on any atom is -0.463 e. The first kappa shape index (κ1) is 24.7. The van der Waals surface area contributed by atoms with Gasteiger partial charge in [-0.25, -0.2) is 9.78 Å². The largest absolute Gasteiger partial charge is 0.522 e. The third-order valence-corrected chi connectivity index (χ3v) is 4.95. The van der Waals surface area contributed by atoms with E-state index in [-0.39, 0.29) is 24.7 Å². The maximum Gasteiger partial charge on any atom is 0.522 e. The van der Waals surface area contributed by atoms with Crippen LogP contribution in [0.5, 0.6) is 6.01 Å². The molecule has 0 unspecified atom stereocenters. The average Bonchev–Trinajstić information content (AvgIpc) is 3.06. The van der Waals surface area contributed by atoms with Gasteiger partial charge in [-0.05, 0) is 44.0 Å². The number of fused-ring (bicyclic) bond motifs is 1. The van der Waals surface area contributed by atoms with Crippen LogP contribution in [0.25, 0.3) is 11.2 Å². The summed E-state index contributed by atoms with van der Waals surface area (Å²) in [6.45, 7) is 4.06. The molecular formula is C22H28F3N5O3. The zero-order valence-electron chi connectivity index (χ0n) is 18.7. The number of hydrogen-bond acceptors (Lipinski definition) is 6. The number of unbranched alkanes of at least 4 members (excludes halogenated alkanes) is 1. The van der Waals surface area contributed by atoms with E-state index in [9.17, 15) is 18.0 Å². The molecule has 2 aromatic heterocycles. The lowest BCUT2D eigenvalue weighted by Crippen LogP contribution is -2.19. The lowest BCUT2D eigenvalue weighted by atomic mass is 10.1. The highest BCUT2D eigenvalue weighted by atomic mass is 19.4. The summed E-state index contributed by atoms with van der Waals surface area (Å²) in [6.07, 6.45) is -1.55. The first-order valence-corrected chi connectivity index (χ1v) is 10.8. The predicted molar refractivity (Wildman–Crippen MR) is 117 cm³/mol. The summed E-state index contributed by atoms with van der Waals surface area (Å²) in [5.41, 5.74) is 2.71. The van der Waals surface area contributed by atoms with Crippen LogP contribution in [0.1, 0.15) is 37.3 Å². The second-order valence-electron chi connectivity index (χ2n) is 7.81. The van der Waals surface area contributed by atoms with E-state index in [0.29, 0.717) is 24.1 Å². The van der Waals surface area contributed by atoms with Gasteiger partial charge in [-0.15, -0.1) is 13.2 Å². The molecule has 1 aromatic carbocycles. The van der Waals surface area contributed by atoms with Crippen molar-refractivity contribution in [3.8, 4) is 6.01 Å². The molecule has 8 nitrogen and oxygen atoms in total. The third kappa shape index (κ3) is 7.57. The van der Waals surface area contributed by atoms with Crippen LogP contribution in [-0.4, -0.2) is 57.6 Å². The Morgan fingerprint density at radius 2 is 1.82 bits per heavy atom. The standard InChI is InChI=1S/C22H28F3N5O3/c1-3-10-29(2)14-16-6-8-17(9-7-16)15-30-19-18(27-21(30)31)13-26-20(28-19)32-11-4-5-12-33-22(23,24)25/h6-9,13H,3-5,10-12,14-15H2,1-2H3,(H,27,31). The Labute approximate surface area is 189 Å². The van der Waals surface area contributed by atoms with Crippen LogP contribution in [0.2, 0.25) is 0 Å². The van der Waals surface area contributed by atoms with Gasteiger partial charge in [0, 0.05) is 6.54 Å². The Morgan fingerprint density at radius 1 is 1.12 bits per heavy atom. The van der Waals surface area contributed by atoms with Gasteiger partial charge >= 0.3 is 18.1 Å². The van der Waals surface area contributed by atoms with Crippen molar-refractivity contribution in [1.29, 1.82) is 0 Å². The number of nitrogens with one attached hydrogen (secondary N) is 1. The number of H-pyrrole nitrogens is 1. The van der Waals surface area contributed by atoms with Gasteiger partial charge in [-0.3, -0.25) is 9.30 Å². The van der Waals surface area contributed by atoms with E-state index in [2.05, 4.69) is 38.6 Å². The molecule has 0 amide bonds. The first-order chi connectivity index (χ1) is 15.7. The maximum absolute atomic E-state index is 12.4. The van der Waals surface area contributed by atoms with E-state index in [1.165, 1.54) is 16.3 Å². The van der Waals surface area contributed by atoms with Crippen molar-refractivity contribution in [3.63, 3.8) is 0 Å². The molecule has 0 spiro atoms. The number of benzene rings is 1. The van der Waals surface area contributed by atoms with Crippen LogP contribution >= 0.6 is 0 Å². The van der Waals surface area contributed by atoms with E-state index in [1.807, 2.05) is 24.3 Å². The van der Waals surface area contributed by atoms with Gasteiger partial charge in [0.15, 0.2) is 5.65 Å². The highest BCUT2D eigenvalue weighted by Crippen LogP contribution is 2.17. The van der Waals surface area contributed by atoms with Crippen molar-refractivity contribution < 1.29 is 22.6 Å². The Balaban J connectivity index is 1.61. The predicted octanol–water partition coefficient (Wildman–Crippen LogP) is 3.71. The van der Waals surface area contributed by atoms with Crippen LogP contribution in [0.4, 0.5) is 13.2 Å². The van der Waals surface area contributed by atoms with Crippen molar-refractivity contribution in [2.45, 2.75) is 45.6 Å². The lowest BCUT2D eigenvalue weighted by molar-refractivity contribution is -0.324. The van der Waals surface area contributed by atoms with E-state index in [1.54, 1.807) is 0 Å². The molecule has 1 N–H and O–H groups in total. The number of alkyl halides is 3. The molecule has 0 aliphatic rings. The number of hydrogen-bond donors (Lipinski definition) is 1. The van der Waals surface area contributed by atoms with Gasteiger partial charge in [0.05, 0.1) is 26.0 Å². The molecule has 2 heterocycles. The number of aromatic amines is 1. The summed E-state index contributed by atoms with van der Waals surface area (Å²) in [5.74, 6) is 0. The number of rotatable bonds is 12.